The fraction of sp³-hybridized carbons (Fsp3) is 0.391. The first-order chi connectivity index (χ1) is 15.7. The molecule has 1 aliphatic rings. The van der Waals surface area contributed by atoms with Gasteiger partial charge in [0, 0.05) is 11.6 Å². The molecule has 2 aromatic carbocycles. The number of aryl methyl sites for hydroxylation is 2. The van der Waals surface area contributed by atoms with Gasteiger partial charge in [-0.1, -0.05) is 31.0 Å². The fourth-order valence-corrected chi connectivity index (χ4v) is 5.25. The number of carbonyl (C=O) groups excluding carboxylic acids is 2. The lowest BCUT2D eigenvalue weighted by atomic mass is 10.1. The molecule has 0 unspecified atom stereocenters. The highest BCUT2D eigenvalue weighted by molar-refractivity contribution is 7.89. The van der Waals surface area contributed by atoms with Crippen LogP contribution in [0.2, 0.25) is 0 Å². The fourth-order valence-electron chi connectivity index (χ4n) is 3.75. The third kappa shape index (κ3) is 6.23. The van der Waals surface area contributed by atoms with E-state index in [1.54, 1.807) is 0 Å². The Kier molecular flexibility index (Phi) is 7.93. The SMILES string of the molecule is COc1ccc(C(=O)NNC(=O)COc2c(C)cccc2C)cc1S(=O)(=O)NC1CCCC1. The van der Waals surface area contributed by atoms with Crippen molar-refractivity contribution in [1.82, 2.24) is 15.6 Å². The van der Waals surface area contributed by atoms with E-state index in [9.17, 15) is 18.0 Å². The normalized spacial score (nSPS) is 14.0. The number of carbonyl (C=O) groups is 2. The van der Waals surface area contributed by atoms with Crippen molar-refractivity contribution in [3.8, 4) is 11.5 Å². The molecule has 1 fully saturated rings. The van der Waals surface area contributed by atoms with Crippen molar-refractivity contribution in [2.75, 3.05) is 13.7 Å². The third-order valence-corrected chi connectivity index (χ3v) is 7.01. The first kappa shape index (κ1) is 24.5. The number of hydrogen-bond acceptors (Lipinski definition) is 6. The number of sulfonamides is 1. The van der Waals surface area contributed by atoms with Crippen LogP contribution in [0, 0.1) is 13.8 Å². The Morgan fingerprint density at radius 1 is 1.03 bits per heavy atom. The summed E-state index contributed by atoms with van der Waals surface area (Å²) in [5, 5.41) is 0. The molecule has 3 N–H and O–H groups in total. The molecule has 0 spiro atoms. The maximum atomic E-state index is 12.9. The molecule has 0 heterocycles. The lowest BCUT2D eigenvalue weighted by molar-refractivity contribution is -0.123. The Hall–Kier alpha value is -3.11. The molecule has 0 aromatic heterocycles. The smallest absolute Gasteiger partial charge is 0.276 e. The van der Waals surface area contributed by atoms with Gasteiger partial charge in [-0.05, 0) is 56.0 Å². The molecule has 0 aliphatic heterocycles. The lowest BCUT2D eigenvalue weighted by Gasteiger charge is -2.16. The van der Waals surface area contributed by atoms with Gasteiger partial charge in [-0.25, -0.2) is 13.1 Å². The Labute approximate surface area is 193 Å². The Balaban J connectivity index is 1.63. The van der Waals surface area contributed by atoms with Crippen LogP contribution in [0.1, 0.15) is 47.2 Å². The summed E-state index contributed by atoms with van der Waals surface area (Å²) < 4.78 is 39.2. The van der Waals surface area contributed by atoms with Crippen LogP contribution in [0.3, 0.4) is 0 Å². The first-order valence-corrected chi connectivity index (χ1v) is 12.2. The van der Waals surface area contributed by atoms with E-state index in [4.69, 9.17) is 9.47 Å². The van der Waals surface area contributed by atoms with E-state index in [1.807, 2.05) is 32.0 Å². The van der Waals surface area contributed by atoms with Crippen molar-refractivity contribution < 1.29 is 27.5 Å². The van der Waals surface area contributed by atoms with E-state index in [0.717, 1.165) is 36.8 Å². The summed E-state index contributed by atoms with van der Waals surface area (Å²) in [7, 11) is -2.52. The molecule has 3 rings (SSSR count). The van der Waals surface area contributed by atoms with Crippen molar-refractivity contribution in [3.63, 3.8) is 0 Å². The Morgan fingerprint density at radius 3 is 2.33 bits per heavy atom. The topological polar surface area (TPSA) is 123 Å². The molecule has 1 aliphatic carbocycles. The van der Waals surface area contributed by atoms with Gasteiger partial charge in [0.2, 0.25) is 10.0 Å². The molecule has 0 bridgehead atoms. The Morgan fingerprint density at radius 2 is 1.70 bits per heavy atom. The number of hydrogen-bond donors (Lipinski definition) is 3. The summed E-state index contributed by atoms with van der Waals surface area (Å²) in [5.74, 6) is -0.493. The van der Waals surface area contributed by atoms with Crippen LogP contribution >= 0.6 is 0 Å². The molecular weight excluding hydrogens is 446 g/mol. The van der Waals surface area contributed by atoms with E-state index >= 15 is 0 Å². The second kappa shape index (κ2) is 10.7. The zero-order valence-corrected chi connectivity index (χ0v) is 19.8. The number of benzene rings is 2. The largest absolute Gasteiger partial charge is 0.495 e. The lowest BCUT2D eigenvalue weighted by Crippen LogP contribution is -2.44. The predicted octanol–water partition coefficient (Wildman–Crippen LogP) is 2.37. The summed E-state index contributed by atoms with van der Waals surface area (Å²) in [6.07, 6.45) is 3.49. The zero-order valence-electron chi connectivity index (χ0n) is 18.9. The monoisotopic (exact) mass is 475 g/mol. The maximum absolute atomic E-state index is 12.9. The minimum atomic E-state index is -3.88. The number of nitrogens with one attached hydrogen (secondary N) is 3. The van der Waals surface area contributed by atoms with Gasteiger partial charge in [-0.15, -0.1) is 0 Å². The summed E-state index contributed by atoms with van der Waals surface area (Å²) in [4.78, 5) is 24.5. The van der Waals surface area contributed by atoms with Crippen LogP contribution in [-0.4, -0.2) is 40.0 Å². The van der Waals surface area contributed by atoms with Crippen LogP contribution in [0.25, 0.3) is 0 Å². The highest BCUT2D eigenvalue weighted by Crippen LogP contribution is 2.27. The number of hydrazine groups is 1. The van der Waals surface area contributed by atoms with Gasteiger partial charge < -0.3 is 9.47 Å². The molecule has 2 amide bonds. The van der Waals surface area contributed by atoms with E-state index in [2.05, 4.69) is 15.6 Å². The number of para-hydroxylation sites is 1. The summed E-state index contributed by atoms with van der Waals surface area (Å²) in [6.45, 7) is 3.46. The minimum absolute atomic E-state index is 0.0542. The van der Waals surface area contributed by atoms with Crippen molar-refractivity contribution in [1.29, 1.82) is 0 Å². The highest BCUT2D eigenvalue weighted by atomic mass is 32.2. The van der Waals surface area contributed by atoms with Crippen molar-refractivity contribution in [2.45, 2.75) is 50.5 Å². The number of amides is 2. The zero-order chi connectivity index (χ0) is 24.0. The number of methoxy groups -OCH3 is 1. The molecule has 0 radical (unpaired) electrons. The van der Waals surface area contributed by atoms with E-state index in [1.165, 1.54) is 25.3 Å². The van der Waals surface area contributed by atoms with Gasteiger partial charge >= 0.3 is 0 Å². The summed E-state index contributed by atoms with van der Waals surface area (Å²) in [6, 6.07) is 9.56. The molecule has 0 atom stereocenters. The molecule has 10 heteroatoms. The van der Waals surface area contributed by atoms with Gasteiger partial charge in [-0.3, -0.25) is 20.4 Å². The number of rotatable bonds is 8. The van der Waals surface area contributed by atoms with Gasteiger partial charge in [0.15, 0.2) is 6.61 Å². The van der Waals surface area contributed by atoms with Gasteiger partial charge in [0.25, 0.3) is 11.8 Å². The van der Waals surface area contributed by atoms with Crippen molar-refractivity contribution in [3.05, 3.63) is 53.1 Å². The molecule has 1 saturated carbocycles. The standard InChI is InChI=1S/C23H29N3O6S/c1-15-7-6-8-16(2)22(15)32-14-21(27)24-25-23(28)17-11-12-19(31-3)20(13-17)33(29,30)26-18-9-4-5-10-18/h6-8,11-13,18,26H,4-5,9-10,14H2,1-3H3,(H,24,27)(H,25,28). The highest BCUT2D eigenvalue weighted by Gasteiger charge is 2.26. The van der Waals surface area contributed by atoms with Crippen LogP contribution in [0.5, 0.6) is 11.5 Å². The summed E-state index contributed by atoms with van der Waals surface area (Å²) >= 11 is 0. The maximum Gasteiger partial charge on any atom is 0.276 e. The Bertz CT molecular complexity index is 1110. The van der Waals surface area contributed by atoms with Crippen molar-refractivity contribution in [2.24, 2.45) is 0 Å². The van der Waals surface area contributed by atoms with Crippen molar-refractivity contribution >= 4 is 21.8 Å². The average molecular weight is 476 g/mol. The predicted molar refractivity (Wildman–Crippen MR) is 123 cm³/mol. The molecule has 2 aromatic rings. The molecular formula is C23H29N3O6S. The average Bonchev–Trinajstić information content (AvgIpc) is 3.29. The molecule has 9 nitrogen and oxygen atoms in total. The second-order valence-corrected chi connectivity index (χ2v) is 9.66. The van der Waals surface area contributed by atoms with E-state index in [-0.39, 0.29) is 28.9 Å². The van der Waals surface area contributed by atoms with Gasteiger partial charge in [-0.2, -0.15) is 0 Å². The minimum Gasteiger partial charge on any atom is -0.495 e. The van der Waals surface area contributed by atoms with Crippen LogP contribution < -0.4 is 25.0 Å². The van der Waals surface area contributed by atoms with Gasteiger partial charge in [0.05, 0.1) is 7.11 Å². The third-order valence-electron chi connectivity index (χ3n) is 5.46. The van der Waals surface area contributed by atoms with Crippen LogP contribution in [0.4, 0.5) is 0 Å². The second-order valence-electron chi connectivity index (χ2n) is 7.98. The van der Waals surface area contributed by atoms with Gasteiger partial charge in [0.1, 0.15) is 16.4 Å². The van der Waals surface area contributed by atoms with E-state index < -0.39 is 21.8 Å². The quantitative estimate of drug-likeness (QED) is 0.504. The summed E-state index contributed by atoms with van der Waals surface area (Å²) in [5.41, 5.74) is 6.40. The van der Waals surface area contributed by atoms with Crippen LogP contribution in [-0.2, 0) is 14.8 Å². The van der Waals surface area contributed by atoms with E-state index in [0.29, 0.717) is 5.75 Å². The number of ether oxygens (including phenoxy) is 2. The first-order valence-electron chi connectivity index (χ1n) is 10.7. The molecule has 33 heavy (non-hydrogen) atoms. The van der Waals surface area contributed by atoms with Crippen LogP contribution in [0.15, 0.2) is 41.3 Å². The molecule has 0 saturated heterocycles. The molecule has 178 valence electrons.